The van der Waals surface area contributed by atoms with E-state index < -0.39 is 9.84 Å². The lowest BCUT2D eigenvalue weighted by Gasteiger charge is -2.36. The van der Waals surface area contributed by atoms with Crippen LogP contribution in [0, 0.1) is 11.3 Å². The molecule has 0 amide bonds. The Labute approximate surface area is 131 Å². The minimum absolute atomic E-state index is 0.205. The first-order chi connectivity index (χ1) is 9.67. The largest absolute Gasteiger partial charge is 0.316 e. The van der Waals surface area contributed by atoms with Crippen LogP contribution in [-0.4, -0.2) is 57.5 Å². The van der Waals surface area contributed by atoms with Gasteiger partial charge in [0.25, 0.3) is 0 Å². The number of rotatable bonds is 9. The van der Waals surface area contributed by atoms with Crippen LogP contribution < -0.4 is 5.32 Å². The zero-order valence-electron chi connectivity index (χ0n) is 14.5. The Morgan fingerprint density at radius 3 is 2.52 bits per heavy atom. The first-order valence-electron chi connectivity index (χ1n) is 8.29. The van der Waals surface area contributed by atoms with Crippen LogP contribution in [0.2, 0.25) is 0 Å². The van der Waals surface area contributed by atoms with E-state index in [1.54, 1.807) is 0 Å². The lowest BCUT2D eigenvalue weighted by molar-refractivity contribution is 0.143. The standard InChI is InChI=1S/C16H34N2O2S/c1-6-8-16(4,12-17-10-14(2)3)13-18(5)15-7-9-21(19,20)11-15/h14-15,17H,6-13H2,1-5H3. The van der Waals surface area contributed by atoms with Crippen LogP contribution in [0.1, 0.15) is 47.0 Å². The third-order valence-electron chi connectivity index (χ3n) is 4.42. The predicted molar refractivity (Wildman–Crippen MR) is 90.4 cm³/mol. The Morgan fingerprint density at radius 2 is 2.05 bits per heavy atom. The molecular weight excluding hydrogens is 284 g/mol. The molecule has 0 aromatic carbocycles. The molecule has 0 bridgehead atoms. The van der Waals surface area contributed by atoms with Gasteiger partial charge in [0.1, 0.15) is 0 Å². The van der Waals surface area contributed by atoms with Gasteiger partial charge in [-0.2, -0.15) is 0 Å². The summed E-state index contributed by atoms with van der Waals surface area (Å²) in [6.07, 6.45) is 3.12. The molecule has 1 saturated heterocycles. The third-order valence-corrected chi connectivity index (χ3v) is 6.17. The van der Waals surface area contributed by atoms with E-state index >= 15 is 0 Å². The molecule has 1 aliphatic heterocycles. The van der Waals surface area contributed by atoms with Gasteiger partial charge in [-0.1, -0.05) is 34.1 Å². The summed E-state index contributed by atoms with van der Waals surface area (Å²) in [6.45, 7) is 12.0. The monoisotopic (exact) mass is 318 g/mol. The highest BCUT2D eigenvalue weighted by Crippen LogP contribution is 2.26. The van der Waals surface area contributed by atoms with Crippen molar-refractivity contribution in [1.82, 2.24) is 10.2 Å². The van der Waals surface area contributed by atoms with Gasteiger partial charge in [0, 0.05) is 19.1 Å². The van der Waals surface area contributed by atoms with Crippen molar-refractivity contribution in [3.63, 3.8) is 0 Å². The maximum absolute atomic E-state index is 11.6. The first kappa shape index (κ1) is 18.9. The Morgan fingerprint density at radius 1 is 1.38 bits per heavy atom. The highest BCUT2D eigenvalue weighted by atomic mass is 32.2. The molecule has 1 aliphatic rings. The molecule has 1 rings (SSSR count). The van der Waals surface area contributed by atoms with Crippen LogP contribution in [-0.2, 0) is 9.84 Å². The van der Waals surface area contributed by atoms with Crippen LogP contribution in [0.5, 0.6) is 0 Å². The van der Waals surface area contributed by atoms with E-state index in [1.807, 2.05) is 0 Å². The molecule has 5 heteroatoms. The van der Waals surface area contributed by atoms with Gasteiger partial charge in [-0.15, -0.1) is 0 Å². The van der Waals surface area contributed by atoms with Crippen LogP contribution >= 0.6 is 0 Å². The fourth-order valence-electron chi connectivity index (χ4n) is 3.34. The van der Waals surface area contributed by atoms with Gasteiger partial charge in [0.15, 0.2) is 9.84 Å². The quantitative estimate of drug-likeness (QED) is 0.708. The topological polar surface area (TPSA) is 49.4 Å². The van der Waals surface area contributed by atoms with Crippen LogP contribution in [0.25, 0.3) is 0 Å². The molecule has 4 nitrogen and oxygen atoms in total. The molecule has 0 aromatic heterocycles. The maximum Gasteiger partial charge on any atom is 0.151 e. The van der Waals surface area contributed by atoms with Crippen molar-refractivity contribution in [2.24, 2.45) is 11.3 Å². The molecule has 0 spiro atoms. The Kier molecular flexibility index (Phi) is 7.14. The van der Waals surface area contributed by atoms with Gasteiger partial charge in [0.2, 0.25) is 0 Å². The van der Waals surface area contributed by atoms with E-state index in [2.05, 4.69) is 45.0 Å². The number of hydrogen-bond acceptors (Lipinski definition) is 4. The molecule has 21 heavy (non-hydrogen) atoms. The summed E-state index contributed by atoms with van der Waals surface area (Å²) < 4.78 is 23.3. The summed E-state index contributed by atoms with van der Waals surface area (Å²) in [5, 5.41) is 3.58. The second-order valence-electron chi connectivity index (χ2n) is 7.56. The zero-order valence-corrected chi connectivity index (χ0v) is 15.3. The van der Waals surface area contributed by atoms with Crippen LogP contribution in [0.4, 0.5) is 0 Å². The summed E-state index contributed by atoms with van der Waals surface area (Å²) in [7, 11) is -0.709. The number of hydrogen-bond donors (Lipinski definition) is 1. The van der Waals surface area contributed by atoms with Crippen molar-refractivity contribution < 1.29 is 8.42 Å². The highest BCUT2D eigenvalue weighted by molar-refractivity contribution is 7.91. The zero-order chi connectivity index (χ0) is 16.1. The minimum atomic E-state index is -2.79. The molecule has 0 radical (unpaired) electrons. The van der Waals surface area contributed by atoms with Gasteiger partial charge in [-0.25, -0.2) is 8.42 Å². The second-order valence-corrected chi connectivity index (χ2v) is 9.79. The summed E-state index contributed by atoms with van der Waals surface area (Å²) in [5.41, 5.74) is 0.213. The van der Waals surface area contributed by atoms with Gasteiger partial charge in [-0.3, -0.25) is 0 Å². The molecule has 1 fully saturated rings. The molecule has 1 N–H and O–H groups in total. The third kappa shape index (κ3) is 6.66. The molecule has 0 saturated carbocycles. The summed E-state index contributed by atoms with van der Waals surface area (Å²) in [4.78, 5) is 2.28. The first-order valence-corrected chi connectivity index (χ1v) is 10.1. The van der Waals surface area contributed by atoms with Gasteiger partial charge < -0.3 is 10.2 Å². The van der Waals surface area contributed by atoms with E-state index in [9.17, 15) is 8.42 Å². The summed E-state index contributed by atoms with van der Waals surface area (Å²) >= 11 is 0. The Hall–Kier alpha value is -0.130. The van der Waals surface area contributed by atoms with Gasteiger partial charge >= 0.3 is 0 Å². The van der Waals surface area contributed by atoms with E-state index in [4.69, 9.17) is 0 Å². The smallest absolute Gasteiger partial charge is 0.151 e. The molecular formula is C16H34N2O2S. The van der Waals surface area contributed by atoms with Crippen molar-refractivity contribution in [2.75, 3.05) is 38.2 Å². The average molecular weight is 319 g/mol. The minimum Gasteiger partial charge on any atom is -0.316 e. The van der Waals surface area contributed by atoms with Gasteiger partial charge in [-0.05, 0) is 37.8 Å². The Balaban J connectivity index is 2.55. The van der Waals surface area contributed by atoms with Crippen molar-refractivity contribution in [1.29, 1.82) is 0 Å². The molecule has 1 heterocycles. The Bertz CT molecular complexity index is 409. The van der Waals surface area contributed by atoms with Crippen molar-refractivity contribution in [2.45, 2.75) is 53.0 Å². The highest BCUT2D eigenvalue weighted by Gasteiger charge is 2.34. The summed E-state index contributed by atoms with van der Waals surface area (Å²) in [5.74, 6) is 1.36. The van der Waals surface area contributed by atoms with Crippen molar-refractivity contribution >= 4 is 9.84 Å². The maximum atomic E-state index is 11.6. The number of nitrogens with zero attached hydrogens (tertiary/aromatic N) is 1. The fourth-order valence-corrected chi connectivity index (χ4v) is 5.15. The van der Waals surface area contributed by atoms with Crippen LogP contribution in [0.15, 0.2) is 0 Å². The molecule has 2 atom stereocenters. The van der Waals surface area contributed by atoms with Crippen LogP contribution in [0.3, 0.4) is 0 Å². The summed E-state index contributed by atoms with van der Waals surface area (Å²) in [6, 6.07) is 0.205. The van der Waals surface area contributed by atoms with Gasteiger partial charge in [0.05, 0.1) is 11.5 Å². The second kappa shape index (κ2) is 7.93. The predicted octanol–water partition coefficient (Wildman–Crippen LogP) is 2.16. The number of nitrogens with one attached hydrogen (secondary N) is 1. The van der Waals surface area contributed by atoms with E-state index in [-0.39, 0.29) is 11.5 Å². The lowest BCUT2D eigenvalue weighted by Crippen LogP contribution is -2.45. The number of sulfone groups is 1. The van der Waals surface area contributed by atoms with Crippen molar-refractivity contribution in [3.8, 4) is 0 Å². The molecule has 0 aromatic rings. The van der Waals surface area contributed by atoms with E-state index in [1.165, 1.54) is 6.42 Å². The molecule has 2 unspecified atom stereocenters. The van der Waals surface area contributed by atoms with Crippen molar-refractivity contribution in [3.05, 3.63) is 0 Å². The molecule has 0 aliphatic carbocycles. The lowest BCUT2D eigenvalue weighted by atomic mass is 9.84. The molecule has 126 valence electrons. The van der Waals surface area contributed by atoms with E-state index in [0.717, 1.165) is 32.5 Å². The fraction of sp³-hybridized carbons (Fsp3) is 1.00. The normalized spacial score (nSPS) is 24.6. The average Bonchev–Trinajstić information content (AvgIpc) is 2.69. The SMILES string of the molecule is CCCC(C)(CNCC(C)C)CN(C)C1CCS(=O)(=O)C1. The van der Waals surface area contributed by atoms with E-state index in [0.29, 0.717) is 17.4 Å².